The zero-order chi connectivity index (χ0) is 26.7. The van der Waals surface area contributed by atoms with Crippen LogP contribution >= 0.6 is 22.7 Å². The molecule has 0 aliphatic carbocycles. The van der Waals surface area contributed by atoms with Crippen LogP contribution in [0, 0.1) is 13.8 Å². The van der Waals surface area contributed by atoms with Gasteiger partial charge in [-0.2, -0.15) is 0 Å². The van der Waals surface area contributed by atoms with Gasteiger partial charge in [0.25, 0.3) is 0 Å². The Hall–Kier alpha value is -3.50. The highest BCUT2D eigenvalue weighted by Crippen LogP contribution is 2.59. The molecule has 7 rings (SSSR count). The molecule has 0 nitrogen and oxygen atoms in total. The summed E-state index contributed by atoms with van der Waals surface area (Å²) in [5, 5.41) is 5.94. The Morgan fingerprint density at radius 2 is 0.821 bits per heavy atom. The predicted octanol–water partition coefficient (Wildman–Crippen LogP) is 11.1. The molecule has 6 aromatic rings. The van der Waals surface area contributed by atoms with E-state index in [1.165, 1.54) is 63.3 Å². The van der Waals surface area contributed by atoms with Gasteiger partial charge in [0.2, 0.25) is 0 Å². The molecule has 190 valence electrons. The van der Waals surface area contributed by atoms with Crippen LogP contribution in [-0.4, -0.2) is 8.07 Å². The Labute approximate surface area is 239 Å². The number of thiophene rings is 2. The van der Waals surface area contributed by atoms with Crippen molar-refractivity contribution in [2.75, 3.05) is 0 Å². The number of hydrogen-bond donors (Lipinski definition) is 0. The van der Waals surface area contributed by atoms with E-state index in [1.807, 2.05) is 22.7 Å². The molecule has 1 aliphatic rings. The molecule has 3 heterocycles. The maximum absolute atomic E-state index is 2.59. The molecule has 2 aromatic heterocycles. The van der Waals surface area contributed by atoms with E-state index in [1.54, 1.807) is 10.4 Å². The Kier molecular flexibility index (Phi) is 5.85. The lowest BCUT2D eigenvalue weighted by Crippen LogP contribution is -2.29. The fourth-order valence-electron chi connectivity index (χ4n) is 6.62. The van der Waals surface area contributed by atoms with Crippen molar-refractivity contribution in [3.8, 4) is 0 Å². The minimum Gasteiger partial charge on any atom is -0.140 e. The normalized spacial score (nSPS) is 15.2. The van der Waals surface area contributed by atoms with Crippen LogP contribution in [0.1, 0.15) is 32.0 Å². The Balaban J connectivity index is 1.68. The van der Waals surface area contributed by atoms with E-state index in [2.05, 4.69) is 136 Å². The van der Waals surface area contributed by atoms with Crippen LogP contribution in [0.2, 0.25) is 13.1 Å². The molecule has 0 bridgehead atoms. The maximum Gasteiger partial charge on any atom is 0.115 e. The Morgan fingerprint density at radius 1 is 0.462 bits per heavy atom. The van der Waals surface area contributed by atoms with Crippen LogP contribution in [-0.2, 0) is 0 Å². The second-order valence-corrected chi connectivity index (χ2v) is 17.7. The molecule has 4 aromatic carbocycles. The third-order valence-corrected chi connectivity index (χ3v) is 13.8. The first-order valence-electron chi connectivity index (χ1n) is 13.5. The average molecular weight is 555 g/mol. The molecule has 0 amide bonds. The number of allylic oxidation sites excluding steroid dienone is 2. The summed E-state index contributed by atoms with van der Waals surface area (Å²) in [4.78, 5) is 2.83. The van der Waals surface area contributed by atoms with Crippen molar-refractivity contribution in [1.82, 2.24) is 0 Å². The first-order valence-corrected chi connectivity index (χ1v) is 18.2. The number of aryl methyl sites for hydroxylation is 2. The minimum absolute atomic E-state index is 1.31. The van der Waals surface area contributed by atoms with Gasteiger partial charge >= 0.3 is 0 Å². The maximum atomic E-state index is 2.59. The van der Waals surface area contributed by atoms with Crippen LogP contribution in [0.15, 0.2) is 109 Å². The van der Waals surface area contributed by atoms with Crippen molar-refractivity contribution in [2.24, 2.45) is 0 Å². The van der Waals surface area contributed by atoms with Gasteiger partial charge < -0.3 is 0 Å². The molecule has 0 N–H and O–H groups in total. The number of fused-ring (bicyclic) bond motifs is 2. The van der Waals surface area contributed by atoms with E-state index < -0.39 is 8.07 Å². The van der Waals surface area contributed by atoms with E-state index >= 15 is 0 Å². The highest BCUT2D eigenvalue weighted by molar-refractivity contribution is 7.21. The van der Waals surface area contributed by atoms with E-state index in [4.69, 9.17) is 0 Å². The highest BCUT2D eigenvalue weighted by atomic mass is 32.1. The van der Waals surface area contributed by atoms with Gasteiger partial charge in [0.05, 0.1) is 0 Å². The molecular weight excluding hydrogens is 525 g/mol. The molecule has 3 heteroatoms. The second kappa shape index (κ2) is 9.30. The quantitative estimate of drug-likeness (QED) is 0.190. The Bertz CT molecular complexity index is 1790. The fourth-order valence-corrected chi connectivity index (χ4v) is 12.9. The lowest BCUT2D eigenvalue weighted by molar-refractivity contribution is 1.57. The van der Waals surface area contributed by atoms with Crippen molar-refractivity contribution in [2.45, 2.75) is 26.9 Å². The highest BCUT2D eigenvalue weighted by Gasteiger charge is 2.46. The van der Waals surface area contributed by atoms with Gasteiger partial charge in [-0.15, -0.1) is 22.7 Å². The molecule has 0 radical (unpaired) electrons. The van der Waals surface area contributed by atoms with E-state index in [0.29, 0.717) is 0 Å². The summed E-state index contributed by atoms with van der Waals surface area (Å²) in [7, 11) is -2.22. The predicted molar refractivity (Wildman–Crippen MR) is 177 cm³/mol. The third-order valence-electron chi connectivity index (χ3n) is 8.17. The van der Waals surface area contributed by atoms with Crippen LogP contribution < -0.4 is 0 Å². The topological polar surface area (TPSA) is 0 Å². The zero-order valence-electron chi connectivity index (χ0n) is 22.7. The van der Waals surface area contributed by atoms with Crippen LogP contribution in [0.5, 0.6) is 0 Å². The molecule has 0 unspecified atom stereocenters. The van der Waals surface area contributed by atoms with Gasteiger partial charge in [0.1, 0.15) is 8.07 Å². The zero-order valence-corrected chi connectivity index (χ0v) is 25.3. The van der Waals surface area contributed by atoms with E-state index in [0.717, 1.165) is 0 Å². The molecule has 0 saturated heterocycles. The summed E-state index contributed by atoms with van der Waals surface area (Å²) in [5.74, 6) is 0. The van der Waals surface area contributed by atoms with Gasteiger partial charge in [-0.05, 0) is 80.5 Å². The number of benzene rings is 4. The Morgan fingerprint density at radius 3 is 1.23 bits per heavy atom. The molecule has 0 spiro atoms. The molecule has 39 heavy (non-hydrogen) atoms. The van der Waals surface area contributed by atoms with Crippen molar-refractivity contribution >= 4 is 72.5 Å². The molecule has 0 fully saturated rings. The van der Waals surface area contributed by atoms with Gasteiger partial charge in [-0.3, -0.25) is 0 Å². The van der Waals surface area contributed by atoms with Gasteiger partial charge in [-0.1, -0.05) is 110 Å². The van der Waals surface area contributed by atoms with Crippen molar-refractivity contribution < 1.29 is 0 Å². The van der Waals surface area contributed by atoms with Crippen LogP contribution in [0.25, 0.3) is 41.7 Å². The number of rotatable bonds is 4. The SMILES string of the molecule is Cc1sc2ccccc2c1C1=C(c2ccccc2)C(c2ccccc2)=C(c2c(C)sc3ccccc23)[Si]1(C)C. The lowest BCUT2D eigenvalue weighted by atomic mass is 9.88. The van der Waals surface area contributed by atoms with Gasteiger partial charge in [0, 0.05) is 19.2 Å². The van der Waals surface area contributed by atoms with E-state index in [9.17, 15) is 0 Å². The standard InChI is InChI=1S/C36H30S2Si/c1-23-31(27-19-11-13-21-29(27)37-23)35-33(25-15-7-5-8-16-25)34(26-17-9-6-10-18-26)36(39(35,3)4)32-24(2)38-30-22-14-12-20-28(30)32/h5-22H,1-4H3. The van der Waals surface area contributed by atoms with Crippen molar-refractivity contribution in [3.63, 3.8) is 0 Å². The van der Waals surface area contributed by atoms with Crippen molar-refractivity contribution in [1.29, 1.82) is 0 Å². The summed E-state index contributed by atoms with van der Waals surface area (Å²) in [6.45, 7) is 9.83. The van der Waals surface area contributed by atoms with Gasteiger partial charge in [0.15, 0.2) is 0 Å². The van der Waals surface area contributed by atoms with E-state index in [-0.39, 0.29) is 0 Å². The molecule has 0 atom stereocenters. The minimum atomic E-state index is -2.22. The summed E-state index contributed by atoms with van der Waals surface area (Å²) in [5.41, 5.74) is 8.41. The van der Waals surface area contributed by atoms with Crippen LogP contribution in [0.3, 0.4) is 0 Å². The first kappa shape index (κ1) is 24.5. The average Bonchev–Trinajstić information content (AvgIpc) is 3.53. The summed E-state index contributed by atoms with van der Waals surface area (Å²) >= 11 is 3.87. The smallest absolute Gasteiger partial charge is 0.115 e. The monoisotopic (exact) mass is 554 g/mol. The summed E-state index contributed by atoms with van der Waals surface area (Å²) < 4.78 is 2.75. The number of hydrogen-bond acceptors (Lipinski definition) is 2. The van der Waals surface area contributed by atoms with Crippen LogP contribution in [0.4, 0.5) is 0 Å². The largest absolute Gasteiger partial charge is 0.140 e. The summed E-state index contributed by atoms with van der Waals surface area (Å²) in [6, 6.07) is 40.3. The summed E-state index contributed by atoms with van der Waals surface area (Å²) in [6.07, 6.45) is 0. The lowest BCUT2D eigenvalue weighted by Gasteiger charge is -2.27. The molecule has 1 aliphatic heterocycles. The van der Waals surface area contributed by atoms with Crippen molar-refractivity contribution in [3.05, 3.63) is 141 Å². The molecule has 0 saturated carbocycles. The fraction of sp³-hybridized carbons (Fsp3) is 0.111. The second-order valence-electron chi connectivity index (χ2n) is 10.9. The van der Waals surface area contributed by atoms with Gasteiger partial charge in [-0.25, -0.2) is 0 Å². The molecular formula is C36H30S2Si. The third kappa shape index (κ3) is 3.76. The first-order chi connectivity index (χ1) is 19.0.